The number of carbonyl (C=O) groups is 1. The van der Waals surface area contributed by atoms with Crippen molar-refractivity contribution < 1.29 is 4.79 Å². The summed E-state index contributed by atoms with van der Waals surface area (Å²) in [7, 11) is 0. The first kappa shape index (κ1) is 16.3. The molecule has 7 heteroatoms. The molecular formula is C17H18ClN5O. The van der Waals surface area contributed by atoms with Crippen LogP contribution >= 0.6 is 11.6 Å². The van der Waals surface area contributed by atoms with Crippen LogP contribution in [-0.2, 0) is 16.9 Å². The van der Waals surface area contributed by atoms with E-state index in [0.717, 1.165) is 5.56 Å². The lowest BCUT2D eigenvalue weighted by molar-refractivity contribution is -0.123. The third-order valence-electron chi connectivity index (χ3n) is 3.76. The number of anilines is 1. The van der Waals surface area contributed by atoms with E-state index < -0.39 is 5.54 Å². The highest BCUT2D eigenvalue weighted by molar-refractivity contribution is 6.30. The summed E-state index contributed by atoms with van der Waals surface area (Å²) < 4.78 is 3.32. The van der Waals surface area contributed by atoms with Crippen molar-refractivity contribution in [2.45, 2.75) is 25.9 Å². The minimum absolute atomic E-state index is 0.193. The van der Waals surface area contributed by atoms with Crippen LogP contribution in [0.1, 0.15) is 19.4 Å². The molecule has 2 heterocycles. The van der Waals surface area contributed by atoms with Gasteiger partial charge in [-0.15, -0.1) is 0 Å². The summed E-state index contributed by atoms with van der Waals surface area (Å²) in [5, 5.41) is 11.8. The van der Waals surface area contributed by atoms with Gasteiger partial charge >= 0.3 is 0 Å². The Hall–Kier alpha value is -2.60. The lowest BCUT2D eigenvalue weighted by Crippen LogP contribution is -2.40. The van der Waals surface area contributed by atoms with Crippen molar-refractivity contribution in [3.05, 3.63) is 65.7 Å². The van der Waals surface area contributed by atoms with Crippen LogP contribution in [0.3, 0.4) is 0 Å². The molecule has 0 aliphatic rings. The van der Waals surface area contributed by atoms with E-state index in [1.807, 2.05) is 30.3 Å². The lowest BCUT2D eigenvalue weighted by atomic mass is 10.1. The standard InChI is InChI=1S/C17H18ClN5O/c1-17(2,23-11-14(18)8-20-23)16(24)21-15-9-19-22(12-15)10-13-6-4-3-5-7-13/h3-9,11-12H,10H2,1-2H3,(H,21,24). The zero-order valence-electron chi connectivity index (χ0n) is 13.5. The molecule has 0 unspecified atom stereocenters. The van der Waals surface area contributed by atoms with Gasteiger partial charge in [-0.1, -0.05) is 41.9 Å². The van der Waals surface area contributed by atoms with Crippen molar-refractivity contribution >= 4 is 23.2 Å². The Labute approximate surface area is 145 Å². The summed E-state index contributed by atoms with van der Waals surface area (Å²) in [4.78, 5) is 12.6. The Morgan fingerprint density at radius 2 is 1.92 bits per heavy atom. The van der Waals surface area contributed by atoms with E-state index in [1.54, 1.807) is 41.8 Å². The fourth-order valence-corrected chi connectivity index (χ4v) is 2.42. The van der Waals surface area contributed by atoms with Crippen molar-refractivity contribution in [1.82, 2.24) is 19.6 Å². The van der Waals surface area contributed by atoms with E-state index in [0.29, 0.717) is 17.3 Å². The summed E-state index contributed by atoms with van der Waals surface area (Å²) >= 11 is 5.88. The van der Waals surface area contributed by atoms with Gasteiger partial charge in [0.05, 0.1) is 29.6 Å². The molecule has 0 saturated carbocycles. The van der Waals surface area contributed by atoms with Crippen molar-refractivity contribution in [3.63, 3.8) is 0 Å². The van der Waals surface area contributed by atoms with Crippen LogP contribution in [-0.4, -0.2) is 25.5 Å². The van der Waals surface area contributed by atoms with Crippen LogP contribution in [0.15, 0.2) is 55.1 Å². The zero-order valence-corrected chi connectivity index (χ0v) is 14.2. The molecule has 0 radical (unpaired) electrons. The van der Waals surface area contributed by atoms with Gasteiger partial charge in [-0.05, 0) is 19.4 Å². The van der Waals surface area contributed by atoms with E-state index >= 15 is 0 Å². The summed E-state index contributed by atoms with van der Waals surface area (Å²) in [6, 6.07) is 10.0. The summed E-state index contributed by atoms with van der Waals surface area (Å²) in [6.07, 6.45) is 6.57. The molecule has 2 aromatic heterocycles. The second kappa shape index (κ2) is 6.49. The molecule has 0 bridgehead atoms. The monoisotopic (exact) mass is 343 g/mol. The van der Waals surface area contributed by atoms with Crippen molar-refractivity contribution in [2.24, 2.45) is 0 Å². The molecule has 0 spiro atoms. The highest BCUT2D eigenvalue weighted by atomic mass is 35.5. The number of hydrogen-bond donors (Lipinski definition) is 1. The first-order valence-electron chi connectivity index (χ1n) is 7.53. The normalized spacial score (nSPS) is 11.5. The summed E-state index contributed by atoms with van der Waals surface area (Å²) in [5.41, 5.74) is 0.918. The van der Waals surface area contributed by atoms with Gasteiger partial charge in [-0.2, -0.15) is 10.2 Å². The first-order chi connectivity index (χ1) is 11.4. The largest absolute Gasteiger partial charge is 0.321 e. The van der Waals surface area contributed by atoms with Gasteiger partial charge in [0, 0.05) is 12.4 Å². The number of nitrogens with one attached hydrogen (secondary N) is 1. The smallest absolute Gasteiger partial charge is 0.251 e. The molecule has 124 valence electrons. The second-order valence-corrected chi connectivity index (χ2v) is 6.46. The Balaban J connectivity index is 1.69. The van der Waals surface area contributed by atoms with E-state index in [1.165, 1.54) is 6.20 Å². The molecule has 0 fully saturated rings. The van der Waals surface area contributed by atoms with E-state index in [4.69, 9.17) is 11.6 Å². The SMILES string of the molecule is CC(C)(C(=O)Nc1cnn(Cc2ccccc2)c1)n1cc(Cl)cn1. The molecular weight excluding hydrogens is 326 g/mol. The zero-order chi connectivity index (χ0) is 17.2. The van der Waals surface area contributed by atoms with Crippen molar-refractivity contribution in [1.29, 1.82) is 0 Å². The number of halogens is 1. The van der Waals surface area contributed by atoms with Gasteiger partial charge in [-0.25, -0.2) is 0 Å². The summed E-state index contributed by atoms with van der Waals surface area (Å²) in [5.74, 6) is -0.193. The fourth-order valence-electron chi connectivity index (χ4n) is 2.28. The van der Waals surface area contributed by atoms with Crippen LogP contribution in [0.4, 0.5) is 5.69 Å². The molecule has 1 N–H and O–H groups in total. The number of rotatable bonds is 5. The third-order valence-corrected chi connectivity index (χ3v) is 3.95. The maximum Gasteiger partial charge on any atom is 0.251 e. The molecule has 6 nitrogen and oxygen atoms in total. The molecule has 0 atom stereocenters. The fraction of sp³-hybridized carbons (Fsp3) is 0.235. The highest BCUT2D eigenvalue weighted by Gasteiger charge is 2.31. The Kier molecular flexibility index (Phi) is 4.40. The van der Waals surface area contributed by atoms with Gasteiger partial charge in [0.25, 0.3) is 5.91 Å². The van der Waals surface area contributed by atoms with Crippen molar-refractivity contribution in [2.75, 3.05) is 5.32 Å². The number of aromatic nitrogens is 4. The molecule has 0 aliphatic heterocycles. The van der Waals surface area contributed by atoms with Gasteiger partial charge in [-0.3, -0.25) is 14.2 Å². The number of carbonyl (C=O) groups excluding carboxylic acids is 1. The second-order valence-electron chi connectivity index (χ2n) is 6.03. The Bertz CT molecular complexity index is 838. The van der Waals surface area contributed by atoms with E-state index in [-0.39, 0.29) is 5.91 Å². The third kappa shape index (κ3) is 3.49. The maximum absolute atomic E-state index is 12.6. The molecule has 0 saturated heterocycles. The van der Waals surface area contributed by atoms with Crippen LogP contribution < -0.4 is 5.32 Å². The van der Waals surface area contributed by atoms with Gasteiger partial charge in [0.1, 0.15) is 5.54 Å². The molecule has 24 heavy (non-hydrogen) atoms. The minimum Gasteiger partial charge on any atom is -0.321 e. The average molecular weight is 344 g/mol. The Morgan fingerprint density at radius 1 is 1.17 bits per heavy atom. The molecule has 1 amide bonds. The van der Waals surface area contributed by atoms with Crippen LogP contribution in [0.25, 0.3) is 0 Å². The van der Waals surface area contributed by atoms with Gasteiger partial charge in [0.15, 0.2) is 0 Å². The number of nitrogens with zero attached hydrogens (tertiary/aromatic N) is 4. The predicted octanol–water partition coefficient (Wildman–Crippen LogP) is 3.16. The van der Waals surface area contributed by atoms with Crippen molar-refractivity contribution in [3.8, 4) is 0 Å². The van der Waals surface area contributed by atoms with Crippen LogP contribution in [0.5, 0.6) is 0 Å². The lowest BCUT2D eigenvalue weighted by Gasteiger charge is -2.23. The number of benzene rings is 1. The van der Waals surface area contributed by atoms with Crippen LogP contribution in [0, 0.1) is 0 Å². The highest BCUT2D eigenvalue weighted by Crippen LogP contribution is 2.20. The molecule has 3 aromatic rings. The maximum atomic E-state index is 12.6. The number of amides is 1. The quantitative estimate of drug-likeness (QED) is 0.774. The average Bonchev–Trinajstić information content (AvgIpc) is 3.18. The van der Waals surface area contributed by atoms with Gasteiger partial charge in [0.2, 0.25) is 0 Å². The molecule has 0 aliphatic carbocycles. The minimum atomic E-state index is -0.866. The number of hydrogen-bond acceptors (Lipinski definition) is 3. The first-order valence-corrected chi connectivity index (χ1v) is 7.91. The molecule has 3 rings (SSSR count). The van der Waals surface area contributed by atoms with Crippen LogP contribution in [0.2, 0.25) is 5.02 Å². The topological polar surface area (TPSA) is 64.7 Å². The van der Waals surface area contributed by atoms with E-state index in [2.05, 4.69) is 15.5 Å². The summed E-state index contributed by atoms with van der Waals surface area (Å²) in [6.45, 7) is 4.20. The molecule has 1 aromatic carbocycles. The Morgan fingerprint density at radius 3 is 2.58 bits per heavy atom. The predicted molar refractivity (Wildman–Crippen MR) is 93.0 cm³/mol. The van der Waals surface area contributed by atoms with Gasteiger partial charge < -0.3 is 5.32 Å². The van der Waals surface area contributed by atoms with E-state index in [9.17, 15) is 4.79 Å².